The third kappa shape index (κ3) is 3.72. The first kappa shape index (κ1) is 16.5. The van der Waals surface area contributed by atoms with Crippen LogP contribution in [0.1, 0.15) is 26.5 Å². The Kier molecular flexibility index (Phi) is 6.01. The van der Waals surface area contributed by atoms with Gasteiger partial charge in [-0.1, -0.05) is 0 Å². The second-order valence-corrected chi connectivity index (χ2v) is 5.12. The van der Waals surface area contributed by atoms with Crippen molar-refractivity contribution in [2.24, 2.45) is 7.05 Å². The Bertz CT molecular complexity index is 437. The summed E-state index contributed by atoms with van der Waals surface area (Å²) in [6, 6.07) is -0.187. The van der Waals surface area contributed by atoms with Crippen LogP contribution in [-0.2, 0) is 18.4 Å². The molecule has 1 aromatic rings. The SMILES string of the molecule is CCN(CC)C(=O)C(C)NCc1cnc(N(C)C)n1C. The van der Waals surface area contributed by atoms with Crippen molar-refractivity contribution in [2.75, 3.05) is 32.1 Å². The summed E-state index contributed by atoms with van der Waals surface area (Å²) < 4.78 is 2.03. The van der Waals surface area contributed by atoms with Crippen LogP contribution in [0.15, 0.2) is 6.20 Å². The minimum Gasteiger partial charge on any atom is -0.348 e. The standard InChI is InChI=1S/C14H27N5O/c1-7-19(8-2)13(20)11(3)15-9-12-10-16-14(17(4)5)18(12)6/h10-11,15H,7-9H2,1-6H3. The summed E-state index contributed by atoms with van der Waals surface area (Å²) in [7, 11) is 5.91. The van der Waals surface area contributed by atoms with Crippen LogP contribution in [0.5, 0.6) is 0 Å². The first-order chi connectivity index (χ1) is 9.42. The lowest BCUT2D eigenvalue weighted by Gasteiger charge is -2.23. The van der Waals surface area contributed by atoms with Crippen LogP contribution in [0.2, 0.25) is 0 Å². The molecule has 6 nitrogen and oxygen atoms in total. The third-order valence-corrected chi connectivity index (χ3v) is 3.49. The highest BCUT2D eigenvalue weighted by Crippen LogP contribution is 2.10. The summed E-state index contributed by atoms with van der Waals surface area (Å²) in [6.07, 6.45) is 1.84. The minimum atomic E-state index is -0.187. The summed E-state index contributed by atoms with van der Waals surface area (Å²) in [6.45, 7) is 8.03. The third-order valence-electron chi connectivity index (χ3n) is 3.49. The molecule has 1 unspecified atom stereocenters. The number of rotatable bonds is 7. The highest BCUT2D eigenvalue weighted by atomic mass is 16.2. The molecule has 0 aliphatic carbocycles. The molecule has 1 N–H and O–H groups in total. The van der Waals surface area contributed by atoms with Crippen molar-refractivity contribution in [1.29, 1.82) is 0 Å². The molecule has 0 bridgehead atoms. The molecular weight excluding hydrogens is 254 g/mol. The number of amides is 1. The maximum atomic E-state index is 12.2. The Morgan fingerprint density at radius 2 is 2.00 bits per heavy atom. The van der Waals surface area contributed by atoms with Crippen molar-refractivity contribution in [3.05, 3.63) is 11.9 Å². The average Bonchev–Trinajstić information content (AvgIpc) is 2.78. The summed E-state index contributed by atoms with van der Waals surface area (Å²) in [5.41, 5.74) is 1.06. The predicted octanol–water partition coefficient (Wildman–Crippen LogP) is 0.833. The zero-order chi connectivity index (χ0) is 15.3. The van der Waals surface area contributed by atoms with E-state index >= 15 is 0 Å². The molecule has 1 rings (SSSR count). The molecule has 0 saturated heterocycles. The van der Waals surface area contributed by atoms with Crippen LogP contribution in [0, 0.1) is 0 Å². The Morgan fingerprint density at radius 3 is 2.45 bits per heavy atom. The van der Waals surface area contributed by atoms with Crippen molar-refractivity contribution in [2.45, 2.75) is 33.4 Å². The Hall–Kier alpha value is -1.56. The van der Waals surface area contributed by atoms with Crippen LogP contribution in [0.3, 0.4) is 0 Å². The smallest absolute Gasteiger partial charge is 0.239 e. The molecule has 0 aliphatic rings. The quantitative estimate of drug-likeness (QED) is 0.804. The summed E-state index contributed by atoms with van der Waals surface area (Å²) in [5, 5.41) is 3.27. The highest BCUT2D eigenvalue weighted by Gasteiger charge is 2.18. The van der Waals surface area contributed by atoms with Gasteiger partial charge in [0.05, 0.1) is 17.9 Å². The maximum Gasteiger partial charge on any atom is 0.239 e. The van der Waals surface area contributed by atoms with Crippen LogP contribution in [0.4, 0.5) is 5.95 Å². The second-order valence-electron chi connectivity index (χ2n) is 5.12. The minimum absolute atomic E-state index is 0.144. The molecule has 1 aromatic heterocycles. The molecular formula is C14H27N5O. The average molecular weight is 281 g/mol. The van der Waals surface area contributed by atoms with Crippen molar-refractivity contribution in [3.8, 4) is 0 Å². The molecule has 1 heterocycles. The molecule has 20 heavy (non-hydrogen) atoms. The number of aromatic nitrogens is 2. The van der Waals surface area contributed by atoms with Gasteiger partial charge in [-0.05, 0) is 20.8 Å². The lowest BCUT2D eigenvalue weighted by molar-refractivity contribution is -0.132. The fourth-order valence-electron chi connectivity index (χ4n) is 2.17. The fourth-order valence-corrected chi connectivity index (χ4v) is 2.17. The second kappa shape index (κ2) is 7.28. The van der Waals surface area contributed by atoms with E-state index in [-0.39, 0.29) is 11.9 Å². The lowest BCUT2D eigenvalue weighted by atomic mass is 10.2. The summed E-state index contributed by atoms with van der Waals surface area (Å²) >= 11 is 0. The van der Waals surface area contributed by atoms with E-state index in [1.807, 2.05) is 62.5 Å². The summed E-state index contributed by atoms with van der Waals surface area (Å²) in [5.74, 6) is 1.05. The van der Waals surface area contributed by atoms with Gasteiger partial charge < -0.3 is 19.7 Å². The molecule has 0 aliphatic heterocycles. The number of likely N-dealkylation sites (N-methyl/N-ethyl adjacent to an activating group) is 1. The largest absolute Gasteiger partial charge is 0.348 e. The number of hydrogen-bond donors (Lipinski definition) is 1. The van der Waals surface area contributed by atoms with E-state index in [9.17, 15) is 4.79 Å². The summed E-state index contributed by atoms with van der Waals surface area (Å²) in [4.78, 5) is 20.3. The van der Waals surface area contributed by atoms with Gasteiger partial charge in [0.2, 0.25) is 11.9 Å². The molecule has 1 atom stereocenters. The predicted molar refractivity (Wildman–Crippen MR) is 81.8 cm³/mol. The molecule has 0 fully saturated rings. The van der Waals surface area contributed by atoms with Crippen molar-refractivity contribution in [3.63, 3.8) is 0 Å². The molecule has 114 valence electrons. The number of anilines is 1. The molecule has 1 amide bonds. The van der Waals surface area contributed by atoms with Crippen LogP contribution >= 0.6 is 0 Å². The highest BCUT2D eigenvalue weighted by molar-refractivity contribution is 5.81. The van der Waals surface area contributed by atoms with Gasteiger partial charge in [0.1, 0.15) is 0 Å². The van der Waals surface area contributed by atoms with Crippen molar-refractivity contribution >= 4 is 11.9 Å². The van der Waals surface area contributed by atoms with Gasteiger partial charge in [0.15, 0.2) is 0 Å². The van der Waals surface area contributed by atoms with Gasteiger partial charge in [-0.3, -0.25) is 4.79 Å². The van der Waals surface area contributed by atoms with Gasteiger partial charge in [0, 0.05) is 40.8 Å². The van der Waals surface area contributed by atoms with E-state index < -0.39 is 0 Å². The van der Waals surface area contributed by atoms with Gasteiger partial charge in [-0.2, -0.15) is 0 Å². The van der Waals surface area contributed by atoms with Crippen molar-refractivity contribution in [1.82, 2.24) is 19.8 Å². The number of carbonyl (C=O) groups is 1. The normalized spacial score (nSPS) is 12.3. The van der Waals surface area contributed by atoms with E-state index in [2.05, 4.69) is 10.3 Å². The fraction of sp³-hybridized carbons (Fsp3) is 0.714. The van der Waals surface area contributed by atoms with E-state index in [0.29, 0.717) is 6.54 Å². The first-order valence-electron chi connectivity index (χ1n) is 7.12. The number of hydrogen-bond acceptors (Lipinski definition) is 4. The molecule has 0 aromatic carbocycles. The molecule has 0 radical (unpaired) electrons. The van der Waals surface area contributed by atoms with E-state index in [0.717, 1.165) is 24.7 Å². The topological polar surface area (TPSA) is 53.4 Å². The van der Waals surface area contributed by atoms with Gasteiger partial charge in [-0.25, -0.2) is 4.98 Å². The zero-order valence-electron chi connectivity index (χ0n) is 13.5. The van der Waals surface area contributed by atoms with Crippen LogP contribution in [0.25, 0.3) is 0 Å². The maximum absolute atomic E-state index is 12.2. The monoisotopic (exact) mass is 281 g/mol. The van der Waals surface area contributed by atoms with E-state index in [1.54, 1.807) is 0 Å². The van der Waals surface area contributed by atoms with Gasteiger partial charge >= 0.3 is 0 Å². The Balaban J connectivity index is 2.61. The first-order valence-corrected chi connectivity index (χ1v) is 7.12. The zero-order valence-corrected chi connectivity index (χ0v) is 13.5. The van der Waals surface area contributed by atoms with Crippen LogP contribution < -0.4 is 10.2 Å². The lowest BCUT2D eigenvalue weighted by Crippen LogP contribution is -2.44. The van der Waals surface area contributed by atoms with Crippen LogP contribution in [-0.4, -0.2) is 53.6 Å². The van der Waals surface area contributed by atoms with E-state index in [1.165, 1.54) is 0 Å². The number of carbonyl (C=O) groups excluding carboxylic acids is 1. The molecule has 0 spiro atoms. The Labute approximate surface area is 121 Å². The van der Waals surface area contributed by atoms with Gasteiger partial charge in [0.25, 0.3) is 0 Å². The van der Waals surface area contributed by atoms with E-state index in [4.69, 9.17) is 0 Å². The molecule has 0 saturated carbocycles. The van der Waals surface area contributed by atoms with Crippen molar-refractivity contribution < 1.29 is 4.79 Å². The Morgan fingerprint density at radius 1 is 1.40 bits per heavy atom. The number of nitrogens with one attached hydrogen (secondary N) is 1. The van der Waals surface area contributed by atoms with Gasteiger partial charge in [-0.15, -0.1) is 0 Å². The number of nitrogens with zero attached hydrogens (tertiary/aromatic N) is 4. The molecule has 6 heteroatoms. The number of imidazole rings is 1.